The largest absolute Gasteiger partial charge is 0.397 e. The second kappa shape index (κ2) is 5.35. The fourth-order valence-corrected chi connectivity index (χ4v) is 1.87. The number of hydrogen-bond donors (Lipinski definition) is 2. The van der Waals surface area contributed by atoms with Crippen molar-refractivity contribution in [1.82, 2.24) is 0 Å². The SMILES string of the molecule is N#Cc1cc(F)ccc1Nc1cc(Cl)c(Cl)cc1N. The molecule has 0 bridgehead atoms. The number of nitriles is 1. The molecule has 2 aromatic carbocycles. The van der Waals surface area contributed by atoms with Gasteiger partial charge in [-0.3, -0.25) is 0 Å². The molecule has 0 heterocycles. The number of nitrogens with zero attached hydrogens (tertiary/aromatic N) is 1. The molecule has 0 aliphatic carbocycles. The molecule has 0 atom stereocenters. The lowest BCUT2D eigenvalue weighted by Gasteiger charge is -2.12. The Morgan fingerprint density at radius 3 is 2.47 bits per heavy atom. The molecular formula is C13H8Cl2FN3. The Hall–Kier alpha value is -1.96. The maximum atomic E-state index is 13.0. The summed E-state index contributed by atoms with van der Waals surface area (Å²) < 4.78 is 13.0. The zero-order valence-electron chi connectivity index (χ0n) is 9.55. The quantitative estimate of drug-likeness (QED) is 0.811. The number of nitrogens with two attached hydrogens (primary N) is 1. The van der Waals surface area contributed by atoms with Crippen LogP contribution in [-0.2, 0) is 0 Å². The van der Waals surface area contributed by atoms with Crippen LogP contribution in [0.2, 0.25) is 10.0 Å². The molecule has 3 N–H and O–H groups in total. The molecule has 2 rings (SSSR count). The first-order valence-electron chi connectivity index (χ1n) is 5.22. The van der Waals surface area contributed by atoms with Crippen LogP contribution >= 0.6 is 23.2 Å². The van der Waals surface area contributed by atoms with Gasteiger partial charge < -0.3 is 11.1 Å². The first kappa shape index (κ1) is 13.5. The molecule has 0 aliphatic rings. The van der Waals surface area contributed by atoms with Gasteiger partial charge in [0.2, 0.25) is 0 Å². The normalized spacial score (nSPS) is 10.0. The van der Waals surface area contributed by atoms with Crippen LogP contribution < -0.4 is 11.1 Å². The number of anilines is 3. The molecule has 0 saturated heterocycles. The third-order valence-corrected chi connectivity index (χ3v) is 3.19. The number of nitrogen functional groups attached to an aromatic ring is 1. The van der Waals surface area contributed by atoms with Crippen molar-refractivity contribution in [3.8, 4) is 6.07 Å². The molecule has 0 fully saturated rings. The standard InChI is InChI=1S/C13H8Cl2FN3/c14-9-4-11(18)13(5-10(9)15)19-12-2-1-8(16)3-7(12)6-17/h1-5,19H,18H2. The van der Waals surface area contributed by atoms with Crippen molar-refractivity contribution in [3.05, 3.63) is 51.8 Å². The minimum Gasteiger partial charge on any atom is -0.397 e. The topological polar surface area (TPSA) is 61.8 Å². The summed E-state index contributed by atoms with van der Waals surface area (Å²) in [6, 6.07) is 8.78. The van der Waals surface area contributed by atoms with E-state index in [0.717, 1.165) is 6.07 Å². The Morgan fingerprint density at radius 2 is 1.79 bits per heavy atom. The van der Waals surface area contributed by atoms with Gasteiger partial charge in [0.15, 0.2) is 0 Å². The summed E-state index contributed by atoms with van der Waals surface area (Å²) in [5, 5.41) is 12.6. The van der Waals surface area contributed by atoms with Crippen LogP contribution in [0, 0.1) is 17.1 Å². The van der Waals surface area contributed by atoms with Crippen LogP contribution in [0.5, 0.6) is 0 Å². The monoisotopic (exact) mass is 295 g/mol. The van der Waals surface area contributed by atoms with E-state index in [1.54, 1.807) is 6.07 Å². The molecule has 0 radical (unpaired) electrons. The van der Waals surface area contributed by atoms with Crippen molar-refractivity contribution in [2.24, 2.45) is 0 Å². The first-order chi connectivity index (χ1) is 9.01. The van der Waals surface area contributed by atoms with Crippen LogP contribution in [0.3, 0.4) is 0 Å². The molecule has 3 nitrogen and oxygen atoms in total. The van der Waals surface area contributed by atoms with Gasteiger partial charge >= 0.3 is 0 Å². The number of nitrogens with one attached hydrogen (secondary N) is 1. The van der Waals surface area contributed by atoms with E-state index in [2.05, 4.69) is 5.32 Å². The zero-order valence-corrected chi connectivity index (χ0v) is 11.1. The summed E-state index contributed by atoms with van der Waals surface area (Å²) in [5.74, 6) is -0.482. The lowest BCUT2D eigenvalue weighted by atomic mass is 10.1. The second-order valence-electron chi connectivity index (χ2n) is 3.78. The summed E-state index contributed by atoms with van der Waals surface area (Å²) in [5.41, 5.74) is 7.28. The minimum atomic E-state index is -0.482. The van der Waals surface area contributed by atoms with Gasteiger partial charge in [-0.25, -0.2) is 4.39 Å². The average molecular weight is 296 g/mol. The fraction of sp³-hybridized carbons (Fsp3) is 0. The Labute approximate surface area is 119 Å². The third kappa shape index (κ3) is 2.90. The predicted octanol–water partition coefficient (Wildman–Crippen LogP) is 4.33. The van der Waals surface area contributed by atoms with Crippen molar-refractivity contribution in [3.63, 3.8) is 0 Å². The smallest absolute Gasteiger partial charge is 0.124 e. The van der Waals surface area contributed by atoms with E-state index in [1.807, 2.05) is 6.07 Å². The molecule has 0 aliphatic heterocycles. The van der Waals surface area contributed by atoms with E-state index >= 15 is 0 Å². The predicted molar refractivity (Wildman–Crippen MR) is 75.3 cm³/mol. The Balaban J connectivity index is 2.42. The maximum absolute atomic E-state index is 13.0. The van der Waals surface area contributed by atoms with Crippen molar-refractivity contribution >= 4 is 40.3 Å². The van der Waals surface area contributed by atoms with Gasteiger partial charge in [-0.1, -0.05) is 23.2 Å². The second-order valence-corrected chi connectivity index (χ2v) is 4.59. The molecule has 2 aromatic rings. The lowest BCUT2D eigenvalue weighted by Crippen LogP contribution is -1.99. The van der Waals surface area contributed by atoms with E-state index < -0.39 is 5.82 Å². The Morgan fingerprint density at radius 1 is 1.11 bits per heavy atom. The molecule has 0 unspecified atom stereocenters. The molecule has 96 valence electrons. The third-order valence-electron chi connectivity index (χ3n) is 2.46. The maximum Gasteiger partial charge on any atom is 0.124 e. The summed E-state index contributed by atoms with van der Waals surface area (Å²) >= 11 is 11.7. The summed E-state index contributed by atoms with van der Waals surface area (Å²) in [6.07, 6.45) is 0. The summed E-state index contributed by atoms with van der Waals surface area (Å²) in [4.78, 5) is 0. The number of hydrogen-bond acceptors (Lipinski definition) is 3. The number of rotatable bonds is 2. The van der Waals surface area contributed by atoms with Crippen LogP contribution in [0.4, 0.5) is 21.5 Å². The highest BCUT2D eigenvalue weighted by Crippen LogP contribution is 2.33. The molecule has 0 aromatic heterocycles. The molecule has 19 heavy (non-hydrogen) atoms. The summed E-state index contributed by atoms with van der Waals surface area (Å²) in [6.45, 7) is 0. The van der Waals surface area contributed by atoms with E-state index in [-0.39, 0.29) is 5.56 Å². The Bertz CT molecular complexity index is 680. The van der Waals surface area contributed by atoms with Crippen LogP contribution in [-0.4, -0.2) is 0 Å². The number of benzene rings is 2. The van der Waals surface area contributed by atoms with Gasteiger partial charge in [0.1, 0.15) is 11.9 Å². The average Bonchev–Trinajstić information content (AvgIpc) is 2.37. The van der Waals surface area contributed by atoms with Crippen molar-refractivity contribution in [1.29, 1.82) is 5.26 Å². The van der Waals surface area contributed by atoms with Gasteiger partial charge in [-0.15, -0.1) is 0 Å². The van der Waals surface area contributed by atoms with Crippen LogP contribution in [0.1, 0.15) is 5.56 Å². The molecule has 0 saturated carbocycles. The van der Waals surface area contributed by atoms with Crippen LogP contribution in [0.25, 0.3) is 0 Å². The van der Waals surface area contributed by atoms with Crippen molar-refractivity contribution < 1.29 is 4.39 Å². The molecule has 0 amide bonds. The van der Waals surface area contributed by atoms with Crippen LogP contribution in [0.15, 0.2) is 30.3 Å². The molecule has 0 spiro atoms. The van der Waals surface area contributed by atoms with E-state index in [9.17, 15) is 4.39 Å². The summed E-state index contributed by atoms with van der Waals surface area (Å²) in [7, 11) is 0. The lowest BCUT2D eigenvalue weighted by molar-refractivity contribution is 0.627. The van der Waals surface area contributed by atoms with E-state index in [4.69, 9.17) is 34.2 Å². The molecule has 6 heteroatoms. The first-order valence-corrected chi connectivity index (χ1v) is 5.98. The van der Waals surface area contributed by atoms with Crippen molar-refractivity contribution in [2.45, 2.75) is 0 Å². The zero-order chi connectivity index (χ0) is 14.0. The van der Waals surface area contributed by atoms with Gasteiger partial charge in [0.25, 0.3) is 0 Å². The van der Waals surface area contributed by atoms with Gasteiger partial charge in [-0.2, -0.15) is 5.26 Å². The highest BCUT2D eigenvalue weighted by atomic mass is 35.5. The Kier molecular flexibility index (Phi) is 3.79. The fourth-order valence-electron chi connectivity index (χ4n) is 1.53. The highest BCUT2D eigenvalue weighted by Gasteiger charge is 2.08. The minimum absolute atomic E-state index is 0.172. The van der Waals surface area contributed by atoms with Gasteiger partial charge in [-0.05, 0) is 30.3 Å². The van der Waals surface area contributed by atoms with Gasteiger partial charge in [0.05, 0.1) is 32.7 Å². The number of halogens is 3. The molecular weight excluding hydrogens is 288 g/mol. The van der Waals surface area contributed by atoms with Crippen molar-refractivity contribution in [2.75, 3.05) is 11.1 Å². The van der Waals surface area contributed by atoms with Gasteiger partial charge in [0, 0.05) is 0 Å². The highest BCUT2D eigenvalue weighted by molar-refractivity contribution is 6.42. The van der Waals surface area contributed by atoms with E-state index in [1.165, 1.54) is 18.2 Å². The van der Waals surface area contributed by atoms with E-state index in [0.29, 0.717) is 27.1 Å².